The molecule has 0 spiro atoms. The summed E-state index contributed by atoms with van der Waals surface area (Å²) in [6, 6.07) is 6.08. The van der Waals surface area contributed by atoms with Crippen LogP contribution >= 0.6 is 0 Å². The first-order valence-electron chi connectivity index (χ1n) is 4.85. The Bertz CT molecular complexity index is 372. The quantitative estimate of drug-likeness (QED) is 0.601. The number of esters is 2. The molecular weight excluding hydrogens is 210 g/mol. The van der Waals surface area contributed by atoms with Gasteiger partial charge >= 0.3 is 11.9 Å². The highest BCUT2D eigenvalue weighted by Crippen LogP contribution is 2.12. The lowest BCUT2D eigenvalue weighted by molar-refractivity contribution is -0.132. The van der Waals surface area contributed by atoms with Gasteiger partial charge in [-0.1, -0.05) is 0 Å². The van der Waals surface area contributed by atoms with E-state index in [0.29, 0.717) is 17.9 Å². The molecule has 0 heterocycles. The third-order valence-electron chi connectivity index (χ3n) is 1.76. The maximum absolute atomic E-state index is 11.3. The van der Waals surface area contributed by atoms with E-state index in [1.54, 1.807) is 6.92 Å². The van der Waals surface area contributed by atoms with Gasteiger partial charge in [-0.25, -0.2) is 4.79 Å². The Balaban J connectivity index is 2.67. The van der Waals surface area contributed by atoms with Gasteiger partial charge in [-0.05, 0) is 31.2 Å². The monoisotopic (exact) mass is 223 g/mol. The first kappa shape index (κ1) is 12.2. The maximum Gasteiger partial charge on any atom is 0.338 e. The van der Waals surface area contributed by atoms with Crippen LogP contribution in [0.5, 0.6) is 5.75 Å². The number of carbonyl (C=O) groups excluding carboxylic acids is 2. The highest BCUT2D eigenvalue weighted by atomic mass is 16.5. The van der Waals surface area contributed by atoms with Crippen molar-refractivity contribution in [3.63, 3.8) is 0 Å². The minimum Gasteiger partial charge on any atom is -0.462 e. The van der Waals surface area contributed by atoms with Crippen molar-refractivity contribution in [1.82, 2.24) is 0 Å². The second-order valence-corrected chi connectivity index (χ2v) is 2.92. The third kappa shape index (κ3) is 3.36. The van der Waals surface area contributed by atoms with E-state index in [2.05, 4.69) is 0 Å². The Morgan fingerprint density at radius 1 is 1.25 bits per heavy atom. The molecule has 2 N–H and O–H groups in total. The Morgan fingerprint density at radius 3 is 2.38 bits per heavy atom. The summed E-state index contributed by atoms with van der Waals surface area (Å²) in [5, 5.41) is 0. The fraction of sp³-hybridized carbons (Fsp3) is 0.273. The average molecular weight is 223 g/mol. The van der Waals surface area contributed by atoms with Crippen LogP contribution in [0.4, 0.5) is 0 Å². The van der Waals surface area contributed by atoms with E-state index < -0.39 is 11.9 Å². The largest absolute Gasteiger partial charge is 0.462 e. The van der Waals surface area contributed by atoms with E-state index in [1.807, 2.05) is 0 Å². The number of benzene rings is 1. The minimum atomic E-state index is -0.524. The van der Waals surface area contributed by atoms with Crippen LogP contribution in [-0.2, 0) is 9.53 Å². The van der Waals surface area contributed by atoms with Gasteiger partial charge in [0.2, 0.25) is 0 Å². The Hall–Kier alpha value is -1.88. The van der Waals surface area contributed by atoms with Crippen LogP contribution in [0, 0.1) is 0 Å². The molecule has 0 bridgehead atoms. The summed E-state index contributed by atoms with van der Waals surface area (Å²) >= 11 is 0. The van der Waals surface area contributed by atoms with Crippen molar-refractivity contribution in [3.05, 3.63) is 29.8 Å². The minimum absolute atomic E-state index is 0.181. The van der Waals surface area contributed by atoms with Gasteiger partial charge < -0.3 is 15.2 Å². The molecule has 1 rings (SSSR count). The molecule has 0 fully saturated rings. The molecule has 0 amide bonds. The third-order valence-corrected chi connectivity index (χ3v) is 1.76. The molecule has 0 saturated carbocycles. The van der Waals surface area contributed by atoms with Crippen LogP contribution in [0.2, 0.25) is 0 Å². The zero-order chi connectivity index (χ0) is 12.0. The number of nitrogens with two attached hydrogens (primary N) is 1. The first-order chi connectivity index (χ1) is 7.67. The molecule has 0 unspecified atom stereocenters. The summed E-state index contributed by atoms with van der Waals surface area (Å²) in [6.45, 7) is 1.87. The molecule has 86 valence electrons. The molecule has 0 radical (unpaired) electrons. The molecule has 0 aliphatic heterocycles. The van der Waals surface area contributed by atoms with Gasteiger partial charge in [0.15, 0.2) is 0 Å². The van der Waals surface area contributed by atoms with Gasteiger partial charge in [-0.2, -0.15) is 0 Å². The van der Waals surface area contributed by atoms with Crippen LogP contribution in [0.25, 0.3) is 0 Å². The van der Waals surface area contributed by atoms with Crippen LogP contribution in [0.15, 0.2) is 24.3 Å². The molecule has 16 heavy (non-hydrogen) atoms. The molecule has 5 heteroatoms. The topological polar surface area (TPSA) is 78.6 Å². The highest BCUT2D eigenvalue weighted by Gasteiger charge is 2.07. The smallest absolute Gasteiger partial charge is 0.338 e. The van der Waals surface area contributed by atoms with E-state index in [1.165, 1.54) is 24.3 Å². The normalized spacial score (nSPS) is 9.62. The summed E-state index contributed by atoms with van der Waals surface area (Å²) in [6.07, 6.45) is 0. The van der Waals surface area contributed by atoms with E-state index >= 15 is 0 Å². The van der Waals surface area contributed by atoms with E-state index in [-0.39, 0.29) is 6.54 Å². The van der Waals surface area contributed by atoms with Gasteiger partial charge in [-0.15, -0.1) is 0 Å². The summed E-state index contributed by atoms with van der Waals surface area (Å²) in [4.78, 5) is 22.1. The first-order valence-corrected chi connectivity index (χ1v) is 4.85. The summed E-state index contributed by atoms with van der Waals surface area (Å²) in [7, 11) is 0. The number of hydrogen-bond acceptors (Lipinski definition) is 5. The molecule has 0 atom stereocenters. The number of carbonyl (C=O) groups is 2. The van der Waals surface area contributed by atoms with Crippen LogP contribution in [0.3, 0.4) is 0 Å². The predicted molar refractivity (Wildman–Crippen MR) is 57.1 cm³/mol. The molecule has 1 aromatic rings. The van der Waals surface area contributed by atoms with Crippen molar-refractivity contribution < 1.29 is 19.1 Å². The summed E-state index contributed by atoms with van der Waals surface area (Å²) in [5.41, 5.74) is 5.50. The van der Waals surface area contributed by atoms with Crippen molar-refractivity contribution in [2.45, 2.75) is 6.92 Å². The molecule has 0 saturated heterocycles. The van der Waals surface area contributed by atoms with Gasteiger partial charge in [0.25, 0.3) is 0 Å². The number of hydrogen-bond donors (Lipinski definition) is 1. The van der Waals surface area contributed by atoms with E-state index in [9.17, 15) is 9.59 Å². The Morgan fingerprint density at radius 2 is 1.88 bits per heavy atom. The molecular formula is C11H13NO4. The lowest BCUT2D eigenvalue weighted by Crippen LogP contribution is -2.19. The SMILES string of the molecule is CCOC(=O)c1ccc(OC(=O)CN)cc1. The van der Waals surface area contributed by atoms with Crippen LogP contribution < -0.4 is 10.5 Å². The Labute approximate surface area is 93.1 Å². The number of ether oxygens (including phenoxy) is 2. The van der Waals surface area contributed by atoms with Crippen molar-refractivity contribution in [2.75, 3.05) is 13.2 Å². The van der Waals surface area contributed by atoms with Gasteiger partial charge in [0.05, 0.1) is 18.7 Å². The second-order valence-electron chi connectivity index (χ2n) is 2.92. The van der Waals surface area contributed by atoms with Crippen molar-refractivity contribution in [1.29, 1.82) is 0 Å². The predicted octanol–water partition coefficient (Wildman–Crippen LogP) is 0.727. The molecule has 1 aromatic carbocycles. The van der Waals surface area contributed by atoms with Gasteiger partial charge in [0, 0.05) is 0 Å². The van der Waals surface area contributed by atoms with Crippen molar-refractivity contribution in [3.8, 4) is 5.75 Å². The standard InChI is InChI=1S/C11H13NO4/c1-2-15-11(14)8-3-5-9(6-4-8)16-10(13)7-12/h3-6H,2,7,12H2,1H3. The zero-order valence-electron chi connectivity index (χ0n) is 8.93. The Kier molecular flexibility index (Phi) is 4.47. The van der Waals surface area contributed by atoms with Crippen molar-refractivity contribution in [2.24, 2.45) is 5.73 Å². The zero-order valence-corrected chi connectivity index (χ0v) is 8.93. The van der Waals surface area contributed by atoms with Crippen LogP contribution in [0.1, 0.15) is 17.3 Å². The average Bonchev–Trinajstić information content (AvgIpc) is 2.30. The maximum atomic E-state index is 11.3. The van der Waals surface area contributed by atoms with Gasteiger partial charge in [0.1, 0.15) is 5.75 Å². The molecule has 0 aliphatic carbocycles. The van der Waals surface area contributed by atoms with E-state index in [0.717, 1.165) is 0 Å². The summed E-state index contributed by atoms with van der Waals surface area (Å²) in [5.74, 6) is -0.577. The van der Waals surface area contributed by atoms with Gasteiger partial charge in [-0.3, -0.25) is 4.79 Å². The summed E-state index contributed by atoms with van der Waals surface area (Å²) < 4.78 is 9.65. The highest BCUT2D eigenvalue weighted by molar-refractivity contribution is 5.89. The fourth-order valence-electron chi connectivity index (χ4n) is 1.05. The lowest BCUT2D eigenvalue weighted by Gasteiger charge is -2.04. The fourth-order valence-corrected chi connectivity index (χ4v) is 1.05. The number of rotatable bonds is 4. The van der Waals surface area contributed by atoms with Crippen LogP contribution in [-0.4, -0.2) is 25.1 Å². The second kappa shape index (κ2) is 5.87. The van der Waals surface area contributed by atoms with Crippen molar-refractivity contribution >= 4 is 11.9 Å². The molecule has 0 aromatic heterocycles. The van der Waals surface area contributed by atoms with E-state index in [4.69, 9.17) is 15.2 Å². The molecule has 0 aliphatic rings. The molecule has 5 nitrogen and oxygen atoms in total. The lowest BCUT2D eigenvalue weighted by atomic mass is 10.2.